The van der Waals surface area contributed by atoms with Crippen LogP contribution >= 0.6 is 15.9 Å². The summed E-state index contributed by atoms with van der Waals surface area (Å²) in [5.74, 6) is -0.535. The summed E-state index contributed by atoms with van der Waals surface area (Å²) in [5.41, 5.74) is 2.08. The summed E-state index contributed by atoms with van der Waals surface area (Å²) in [5, 5.41) is 2.80. The van der Waals surface area contributed by atoms with Crippen molar-refractivity contribution in [1.82, 2.24) is 5.32 Å². The van der Waals surface area contributed by atoms with Crippen LogP contribution in [0.5, 0.6) is 0 Å². The quantitative estimate of drug-likeness (QED) is 0.885. The maximum Gasteiger partial charge on any atom is 0.251 e. The van der Waals surface area contributed by atoms with E-state index in [4.69, 9.17) is 0 Å². The first-order valence-electron chi connectivity index (χ1n) is 6.30. The minimum absolute atomic E-state index is 0.221. The predicted octanol–water partition coefficient (Wildman–Crippen LogP) is 4.39. The highest BCUT2D eigenvalue weighted by Gasteiger charge is 2.14. The van der Waals surface area contributed by atoms with Crippen molar-refractivity contribution in [3.05, 3.63) is 69.4 Å². The van der Waals surface area contributed by atoms with Gasteiger partial charge < -0.3 is 5.32 Å². The number of amides is 1. The highest BCUT2D eigenvalue weighted by atomic mass is 79.9. The molecule has 0 radical (unpaired) electrons. The fraction of sp³-hybridized carbons (Fsp3) is 0.188. The van der Waals surface area contributed by atoms with Crippen LogP contribution in [0.4, 0.5) is 4.39 Å². The lowest BCUT2D eigenvalue weighted by molar-refractivity contribution is 0.0939. The molecule has 0 aliphatic carbocycles. The second-order valence-corrected chi connectivity index (χ2v) is 5.53. The van der Waals surface area contributed by atoms with Gasteiger partial charge in [0.1, 0.15) is 5.82 Å². The molecule has 2 aromatic rings. The molecule has 0 fully saturated rings. The Labute approximate surface area is 126 Å². The molecule has 20 heavy (non-hydrogen) atoms. The van der Waals surface area contributed by atoms with E-state index in [0.29, 0.717) is 11.1 Å². The largest absolute Gasteiger partial charge is 0.345 e. The third kappa shape index (κ3) is 3.25. The molecule has 0 aromatic heterocycles. The van der Waals surface area contributed by atoms with Crippen molar-refractivity contribution in [3.8, 4) is 0 Å². The molecule has 4 heteroatoms. The first-order chi connectivity index (χ1) is 9.49. The molecule has 0 spiro atoms. The van der Waals surface area contributed by atoms with Gasteiger partial charge in [-0.15, -0.1) is 0 Å². The number of carbonyl (C=O) groups excluding carboxylic acids is 1. The zero-order valence-electron chi connectivity index (χ0n) is 11.3. The maximum absolute atomic E-state index is 13.7. The standard InChI is InChI=1S/C16H15BrFNO/c1-10-7-8-12(9-14(10)17)16(20)19-11(2)13-5-3-4-6-15(13)18/h3-9,11H,1-2H3,(H,19,20). The lowest BCUT2D eigenvalue weighted by Gasteiger charge is -2.15. The molecule has 1 unspecified atom stereocenters. The molecule has 2 rings (SSSR count). The monoisotopic (exact) mass is 335 g/mol. The van der Waals surface area contributed by atoms with Gasteiger partial charge in [0, 0.05) is 15.6 Å². The van der Waals surface area contributed by atoms with Crippen molar-refractivity contribution in [1.29, 1.82) is 0 Å². The van der Waals surface area contributed by atoms with Crippen LogP contribution in [0.25, 0.3) is 0 Å². The summed E-state index contributed by atoms with van der Waals surface area (Å²) in [7, 11) is 0. The van der Waals surface area contributed by atoms with Crippen LogP contribution in [0, 0.1) is 12.7 Å². The Kier molecular flexibility index (Phi) is 4.55. The van der Waals surface area contributed by atoms with Crippen molar-refractivity contribution in [2.45, 2.75) is 19.9 Å². The first-order valence-corrected chi connectivity index (χ1v) is 7.10. The summed E-state index contributed by atoms with van der Waals surface area (Å²) in [6, 6.07) is 11.4. The lowest BCUT2D eigenvalue weighted by atomic mass is 10.1. The van der Waals surface area contributed by atoms with E-state index in [1.54, 1.807) is 37.3 Å². The van der Waals surface area contributed by atoms with Crippen LogP contribution in [-0.2, 0) is 0 Å². The number of aryl methyl sites for hydroxylation is 1. The Morgan fingerprint density at radius 2 is 1.95 bits per heavy atom. The van der Waals surface area contributed by atoms with E-state index < -0.39 is 0 Å². The molecule has 1 atom stereocenters. The van der Waals surface area contributed by atoms with Gasteiger partial charge in [-0.2, -0.15) is 0 Å². The molecule has 0 heterocycles. The van der Waals surface area contributed by atoms with Crippen molar-refractivity contribution < 1.29 is 9.18 Å². The molecule has 0 aliphatic heterocycles. The van der Waals surface area contributed by atoms with Gasteiger partial charge in [0.05, 0.1) is 6.04 Å². The fourth-order valence-electron chi connectivity index (χ4n) is 1.92. The van der Waals surface area contributed by atoms with E-state index in [2.05, 4.69) is 21.2 Å². The summed E-state index contributed by atoms with van der Waals surface area (Å²) in [4.78, 5) is 12.1. The third-order valence-electron chi connectivity index (χ3n) is 3.15. The van der Waals surface area contributed by atoms with E-state index in [1.165, 1.54) is 6.07 Å². The average Bonchev–Trinajstić information content (AvgIpc) is 2.42. The third-order valence-corrected chi connectivity index (χ3v) is 4.01. The SMILES string of the molecule is Cc1ccc(C(=O)NC(C)c2ccccc2F)cc1Br. The van der Waals surface area contributed by atoms with Gasteiger partial charge in [0.25, 0.3) is 5.91 Å². The molecule has 0 saturated heterocycles. The van der Waals surface area contributed by atoms with Crippen LogP contribution in [0.15, 0.2) is 46.9 Å². The number of benzene rings is 2. The van der Waals surface area contributed by atoms with E-state index in [1.807, 2.05) is 13.0 Å². The van der Waals surface area contributed by atoms with Gasteiger partial charge >= 0.3 is 0 Å². The van der Waals surface area contributed by atoms with Crippen LogP contribution in [0.2, 0.25) is 0 Å². The number of carbonyl (C=O) groups is 1. The van der Waals surface area contributed by atoms with Gasteiger partial charge in [0.15, 0.2) is 0 Å². The van der Waals surface area contributed by atoms with Crippen LogP contribution in [0.1, 0.15) is 34.5 Å². The molecule has 0 saturated carbocycles. The fourth-order valence-corrected chi connectivity index (χ4v) is 2.30. The Bertz CT molecular complexity index is 642. The van der Waals surface area contributed by atoms with Crippen molar-refractivity contribution in [2.75, 3.05) is 0 Å². The summed E-state index contributed by atoms with van der Waals surface area (Å²) in [6.07, 6.45) is 0. The number of nitrogens with one attached hydrogen (secondary N) is 1. The molecule has 1 amide bonds. The zero-order chi connectivity index (χ0) is 14.7. The smallest absolute Gasteiger partial charge is 0.251 e. The molecule has 0 bridgehead atoms. The number of hydrogen-bond donors (Lipinski definition) is 1. The Morgan fingerprint density at radius 1 is 1.25 bits per heavy atom. The highest BCUT2D eigenvalue weighted by Crippen LogP contribution is 2.19. The Balaban J connectivity index is 2.15. The average molecular weight is 336 g/mol. The van der Waals surface area contributed by atoms with Crippen LogP contribution < -0.4 is 5.32 Å². The van der Waals surface area contributed by atoms with Crippen molar-refractivity contribution >= 4 is 21.8 Å². The molecular formula is C16H15BrFNO. The lowest BCUT2D eigenvalue weighted by Crippen LogP contribution is -2.27. The van der Waals surface area contributed by atoms with E-state index in [-0.39, 0.29) is 17.8 Å². The Morgan fingerprint density at radius 3 is 2.60 bits per heavy atom. The predicted molar refractivity (Wildman–Crippen MR) is 81.2 cm³/mol. The molecule has 0 aliphatic rings. The second-order valence-electron chi connectivity index (χ2n) is 4.68. The second kappa shape index (κ2) is 6.18. The van der Waals surface area contributed by atoms with Gasteiger partial charge in [-0.1, -0.05) is 40.2 Å². The highest BCUT2D eigenvalue weighted by molar-refractivity contribution is 9.10. The number of rotatable bonds is 3. The first kappa shape index (κ1) is 14.7. The van der Waals surface area contributed by atoms with E-state index >= 15 is 0 Å². The van der Waals surface area contributed by atoms with Gasteiger partial charge in [-0.05, 0) is 37.6 Å². The maximum atomic E-state index is 13.7. The van der Waals surface area contributed by atoms with Crippen LogP contribution in [0.3, 0.4) is 0 Å². The van der Waals surface area contributed by atoms with Gasteiger partial charge in [-0.25, -0.2) is 4.39 Å². The normalized spacial score (nSPS) is 12.0. The molecule has 104 valence electrons. The van der Waals surface area contributed by atoms with Crippen LogP contribution in [-0.4, -0.2) is 5.91 Å². The van der Waals surface area contributed by atoms with E-state index in [9.17, 15) is 9.18 Å². The van der Waals surface area contributed by atoms with Crippen molar-refractivity contribution in [3.63, 3.8) is 0 Å². The van der Waals surface area contributed by atoms with Crippen molar-refractivity contribution in [2.24, 2.45) is 0 Å². The van der Waals surface area contributed by atoms with E-state index in [0.717, 1.165) is 10.0 Å². The number of hydrogen-bond acceptors (Lipinski definition) is 1. The molecule has 2 aromatic carbocycles. The van der Waals surface area contributed by atoms with Gasteiger partial charge in [0.2, 0.25) is 0 Å². The topological polar surface area (TPSA) is 29.1 Å². The molecule has 2 nitrogen and oxygen atoms in total. The van der Waals surface area contributed by atoms with Gasteiger partial charge in [-0.3, -0.25) is 4.79 Å². The minimum Gasteiger partial charge on any atom is -0.345 e. The molecule has 1 N–H and O–H groups in total. The minimum atomic E-state index is -0.385. The Hall–Kier alpha value is -1.68. The zero-order valence-corrected chi connectivity index (χ0v) is 12.9. The molecular weight excluding hydrogens is 321 g/mol. The number of halogens is 2. The summed E-state index contributed by atoms with van der Waals surface area (Å²) < 4.78 is 14.5. The summed E-state index contributed by atoms with van der Waals surface area (Å²) >= 11 is 3.40. The summed E-state index contributed by atoms with van der Waals surface area (Å²) in [6.45, 7) is 3.72.